The van der Waals surface area contributed by atoms with E-state index in [0.29, 0.717) is 22.7 Å². The molecule has 0 aliphatic heterocycles. The number of thioether (sulfide) groups is 1. The Hall–Kier alpha value is -2.35. The van der Waals surface area contributed by atoms with E-state index in [4.69, 9.17) is 16.0 Å². The Bertz CT molecular complexity index is 1110. The van der Waals surface area contributed by atoms with Gasteiger partial charge in [-0.25, -0.2) is 0 Å². The van der Waals surface area contributed by atoms with Crippen molar-refractivity contribution >= 4 is 50.7 Å². The predicted molar refractivity (Wildman–Crippen MR) is 114 cm³/mol. The smallest absolute Gasteiger partial charge is 0.277 e. The second kappa shape index (κ2) is 8.34. The van der Waals surface area contributed by atoms with Crippen LogP contribution in [0.2, 0.25) is 5.02 Å². The van der Waals surface area contributed by atoms with Crippen molar-refractivity contribution < 1.29 is 9.21 Å². The van der Waals surface area contributed by atoms with Crippen molar-refractivity contribution in [1.82, 2.24) is 15.1 Å². The Kier molecular flexibility index (Phi) is 5.66. The molecule has 0 spiro atoms. The zero-order valence-electron chi connectivity index (χ0n) is 15.0. The third-order valence-electron chi connectivity index (χ3n) is 4.14. The Labute approximate surface area is 175 Å². The van der Waals surface area contributed by atoms with Gasteiger partial charge in [0.15, 0.2) is 0 Å². The van der Waals surface area contributed by atoms with Gasteiger partial charge in [0.2, 0.25) is 5.91 Å². The van der Waals surface area contributed by atoms with Gasteiger partial charge in [-0.3, -0.25) is 4.79 Å². The molecule has 0 unspecified atom stereocenters. The summed E-state index contributed by atoms with van der Waals surface area (Å²) in [6.07, 6.45) is 0. The summed E-state index contributed by atoms with van der Waals surface area (Å²) >= 11 is 9.20. The molecule has 28 heavy (non-hydrogen) atoms. The maximum absolute atomic E-state index is 12.4. The zero-order valence-corrected chi connectivity index (χ0v) is 17.4. The summed E-state index contributed by atoms with van der Waals surface area (Å²) in [7, 11) is 1.78. The van der Waals surface area contributed by atoms with Gasteiger partial charge in [-0.05, 0) is 11.6 Å². The highest BCUT2D eigenvalue weighted by Gasteiger charge is 2.19. The first-order valence-electron chi connectivity index (χ1n) is 8.53. The molecule has 1 amide bonds. The van der Waals surface area contributed by atoms with Gasteiger partial charge < -0.3 is 9.32 Å². The largest absolute Gasteiger partial charge is 0.410 e. The van der Waals surface area contributed by atoms with Gasteiger partial charge in [-0.1, -0.05) is 71.9 Å². The minimum absolute atomic E-state index is 0.00602. The minimum atomic E-state index is -0.00602. The van der Waals surface area contributed by atoms with Gasteiger partial charge in [0.25, 0.3) is 11.1 Å². The molecule has 0 radical (unpaired) electrons. The standard InChI is InChI=1S/C20H16ClN3O2S2/c1-24(11-13-7-3-2-4-8-13)16(25)12-27-20-23-22-19(26-20)18-17(21)14-9-5-6-10-15(14)28-18/h2-10H,11-12H2,1H3. The summed E-state index contributed by atoms with van der Waals surface area (Å²) in [5, 5.41) is 10.1. The fourth-order valence-corrected chi connectivity index (χ4v) is 4.83. The molecule has 0 atom stereocenters. The fraction of sp³-hybridized carbons (Fsp3) is 0.150. The lowest BCUT2D eigenvalue weighted by Gasteiger charge is -2.16. The second-order valence-corrected chi connectivity index (χ2v) is 8.50. The monoisotopic (exact) mass is 429 g/mol. The average molecular weight is 430 g/mol. The molecule has 8 heteroatoms. The van der Waals surface area contributed by atoms with Gasteiger partial charge in [0.05, 0.1) is 10.8 Å². The average Bonchev–Trinajstić information content (AvgIpc) is 3.31. The van der Waals surface area contributed by atoms with E-state index in [9.17, 15) is 4.79 Å². The summed E-state index contributed by atoms with van der Waals surface area (Å²) in [4.78, 5) is 14.8. The van der Waals surface area contributed by atoms with Crippen LogP contribution in [-0.4, -0.2) is 33.8 Å². The molecule has 0 saturated heterocycles. The molecule has 2 heterocycles. The Morgan fingerprint density at radius 2 is 1.89 bits per heavy atom. The number of fused-ring (bicyclic) bond motifs is 1. The van der Waals surface area contributed by atoms with Crippen LogP contribution in [0, 0.1) is 0 Å². The topological polar surface area (TPSA) is 59.2 Å². The lowest BCUT2D eigenvalue weighted by Crippen LogP contribution is -2.27. The first-order valence-corrected chi connectivity index (χ1v) is 10.7. The maximum Gasteiger partial charge on any atom is 0.277 e. The van der Waals surface area contributed by atoms with Gasteiger partial charge >= 0.3 is 0 Å². The number of benzene rings is 2. The summed E-state index contributed by atoms with van der Waals surface area (Å²) in [5.41, 5.74) is 1.09. The molecule has 2 aromatic carbocycles. The SMILES string of the molecule is CN(Cc1ccccc1)C(=O)CSc1nnc(-c2sc3ccccc3c2Cl)o1. The molecule has 0 bridgehead atoms. The van der Waals surface area contributed by atoms with Crippen molar-refractivity contribution in [2.75, 3.05) is 12.8 Å². The van der Waals surface area contributed by atoms with Crippen molar-refractivity contribution in [2.45, 2.75) is 11.8 Å². The number of nitrogens with zero attached hydrogens (tertiary/aromatic N) is 3. The highest BCUT2D eigenvalue weighted by Crippen LogP contribution is 2.41. The number of thiophene rings is 1. The molecule has 0 saturated carbocycles. The summed E-state index contributed by atoms with van der Waals surface area (Å²) < 4.78 is 6.79. The van der Waals surface area contributed by atoms with Crippen LogP contribution in [0.4, 0.5) is 0 Å². The Morgan fingerprint density at radius 3 is 2.68 bits per heavy atom. The quantitative estimate of drug-likeness (QED) is 0.386. The number of rotatable bonds is 6. The molecule has 142 valence electrons. The molecular weight excluding hydrogens is 414 g/mol. The van der Waals surface area contributed by atoms with E-state index in [1.165, 1.54) is 23.1 Å². The molecule has 0 aliphatic rings. The van der Waals surface area contributed by atoms with Crippen molar-refractivity contribution in [3.8, 4) is 10.8 Å². The van der Waals surface area contributed by atoms with Crippen LogP contribution in [-0.2, 0) is 11.3 Å². The number of carbonyl (C=O) groups excluding carboxylic acids is 1. The van der Waals surface area contributed by atoms with Crippen molar-refractivity contribution in [2.24, 2.45) is 0 Å². The molecular formula is C20H16ClN3O2S2. The van der Waals surface area contributed by atoms with Crippen LogP contribution in [0.3, 0.4) is 0 Å². The van der Waals surface area contributed by atoms with E-state index >= 15 is 0 Å². The number of amides is 1. The van der Waals surface area contributed by atoms with E-state index in [1.807, 2.05) is 54.6 Å². The van der Waals surface area contributed by atoms with Gasteiger partial charge in [-0.15, -0.1) is 21.5 Å². The first-order chi connectivity index (χ1) is 13.6. The van der Waals surface area contributed by atoms with Crippen molar-refractivity contribution in [3.63, 3.8) is 0 Å². The summed E-state index contributed by atoms with van der Waals surface area (Å²) in [5.74, 6) is 0.595. The third-order valence-corrected chi connectivity index (χ3v) is 6.61. The molecule has 0 aliphatic carbocycles. The van der Waals surface area contributed by atoms with Crippen molar-refractivity contribution in [1.29, 1.82) is 0 Å². The van der Waals surface area contributed by atoms with E-state index in [1.54, 1.807) is 11.9 Å². The van der Waals surface area contributed by atoms with Crippen LogP contribution in [0.15, 0.2) is 64.2 Å². The Balaban J connectivity index is 1.40. The number of hydrogen-bond acceptors (Lipinski definition) is 6. The third kappa shape index (κ3) is 4.06. The van der Waals surface area contributed by atoms with Gasteiger partial charge in [0, 0.05) is 23.7 Å². The van der Waals surface area contributed by atoms with E-state index in [2.05, 4.69) is 10.2 Å². The molecule has 0 N–H and O–H groups in total. The van der Waals surface area contributed by atoms with E-state index in [0.717, 1.165) is 20.5 Å². The number of halogens is 1. The fourth-order valence-electron chi connectivity index (χ4n) is 2.69. The van der Waals surface area contributed by atoms with Gasteiger partial charge in [0.1, 0.15) is 4.88 Å². The normalized spacial score (nSPS) is 11.1. The number of aromatic nitrogens is 2. The maximum atomic E-state index is 12.4. The lowest BCUT2D eigenvalue weighted by atomic mass is 10.2. The van der Waals surface area contributed by atoms with Crippen LogP contribution in [0.1, 0.15) is 5.56 Å². The molecule has 4 aromatic rings. The van der Waals surface area contributed by atoms with Crippen LogP contribution >= 0.6 is 34.7 Å². The summed E-state index contributed by atoms with van der Waals surface area (Å²) in [6, 6.07) is 17.7. The van der Waals surface area contributed by atoms with Crippen LogP contribution < -0.4 is 0 Å². The Morgan fingerprint density at radius 1 is 1.14 bits per heavy atom. The first kappa shape index (κ1) is 19.0. The van der Waals surface area contributed by atoms with Crippen LogP contribution in [0.25, 0.3) is 20.9 Å². The van der Waals surface area contributed by atoms with Crippen LogP contribution in [0.5, 0.6) is 0 Å². The second-order valence-electron chi connectivity index (χ2n) is 6.14. The number of hydrogen-bond donors (Lipinski definition) is 0. The summed E-state index contributed by atoms with van der Waals surface area (Å²) in [6.45, 7) is 0.562. The molecule has 4 rings (SSSR count). The minimum Gasteiger partial charge on any atom is -0.410 e. The molecule has 5 nitrogen and oxygen atoms in total. The van der Waals surface area contributed by atoms with E-state index < -0.39 is 0 Å². The van der Waals surface area contributed by atoms with E-state index in [-0.39, 0.29) is 11.7 Å². The van der Waals surface area contributed by atoms with Gasteiger partial charge in [-0.2, -0.15) is 0 Å². The molecule has 2 aromatic heterocycles. The lowest BCUT2D eigenvalue weighted by molar-refractivity contribution is -0.127. The van der Waals surface area contributed by atoms with Crippen molar-refractivity contribution in [3.05, 3.63) is 65.2 Å². The predicted octanol–water partition coefficient (Wildman–Crippen LogP) is 5.36. The highest BCUT2D eigenvalue weighted by molar-refractivity contribution is 7.99. The highest BCUT2D eigenvalue weighted by atomic mass is 35.5. The molecule has 0 fully saturated rings. The zero-order chi connectivity index (χ0) is 19.5. The number of carbonyl (C=O) groups is 1.